The van der Waals surface area contributed by atoms with E-state index in [0.717, 1.165) is 0 Å². The zero-order chi connectivity index (χ0) is 38.8. The number of benzene rings is 3. The molecule has 3 aromatic carbocycles. The summed E-state index contributed by atoms with van der Waals surface area (Å²) in [5.74, 6) is -5.58. The van der Waals surface area contributed by atoms with Crippen LogP contribution in [0.5, 0.6) is 11.5 Å². The molecule has 54 heavy (non-hydrogen) atoms. The van der Waals surface area contributed by atoms with E-state index in [4.69, 9.17) is 14.2 Å². The van der Waals surface area contributed by atoms with E-state index in [1.165, 1.54) is 13.2 Å². The van der Waals surface area contributed by atoms with Gasteiger partial charge in [0.1, 0.15) is 11.7 Å². The van der Waals surface area contributed by atoms with E-state index in [2.05, 4.69) is 5.32 Å². The van der Waals surface area contributed by atoms with Gasteiger partial charge in [-0.15, -0.1) is 0 Å². The number of aromatic hydroxyl groups is 1. The zero-order valence-electron chi connectivity index (χ0n) is 30.9. The van der Waals surface area contributed by atoms with E-state index in [0.29, 0.717) is 16.7 Å². The van der Waals surface area contributed by atoms with Gasteiger partial charge >= 0.3 is 11.9 Å². The number of nitrogens with one attached hydrogen (secondary N) is 1. The number of ether oxygens (including phenoxy) is 3. The molecule has 11 nitrogen and oxygen atoms in total. The quantitative estimate of drug-likeness (QED) is 0.178. The number of hydrogen-bond acceptors (Lipinski definition) is 10. The maximum Gasteiger partial charge on any atom is 0.338 e. The molecular weight excluding hydrogens is 690 g/mol. The van der Waals surface area contributed by atoms with Gasteiger partial charge in [0.05, 0.1) is 30.3 Å². The second kappa shape index (κ2) is 13.2. The summed E-state index contributed by atoms with van der Waals surface area (Å²) >= 11 is 0. The number of esters is 2. The highest BCUT2D eigenvalue weighted by molar-refractivity contribution is 6.05. The highest BCUT2D eigenvalue weighted by atomic mass is 16.6. The predicted molar refractivity (Wildman–Crippen MR) is 196 cm³/mol. The Bertz CT molecular complexity index is 2080. The van der Waals surface area contributed by atoms with E-state index < -0.39 is 69.7 Å². The number of ketones is 1. The third-order valence-corrected chi connectivity index (χ3v) is 12.4. The predicted octanol–water partition coefficient (Wildman–Crippen LogP) is 4.74. The minimum Gasteiger partial charge on any atom is -0.504 e. The molecule has 0 bridgehead atoms. The van der Waals surface area contributed by atoms with Crippen molar-refractivity contribution in [3.8, 4) is 11.5 Å². The van der Waals surface area contributed by atoms with Crippen molar-refractivity contribution in [3.05, 3.63) is 119 Å². The number of rotatable bonds is 9. The normalized spacial score (nSPS) is 31.7. The standard InChI is InChI=1S/C43H45NO10/c1-24-18-33-41(50,36(24)47)22-27(23-44-34(46)21-26-16-17-31(45)32(20-26)52-5)19-30-35-40(3,4)43(35,54-39(49)29-14-10-7-11-15-29)37(25(2)42(30,33)51)53-38(48)28-12-8-6-9-13-28/h6-20,25,30,33,35,37,45,50-51H,21-23H2,1-5H3,(H,44,46)/t25-,30+,33-,35-,37-,41-,42-,43-/m1/s1. The number of amides is 1. The van der Waals surface area contributed by atoms with Gasteiger partial charge in [-0.1, -0.05) is 81.0 Å². The average Bonchev–Trinajstić information content (AvgIpc) is 3.59. The maximum atomic E-state index is 13.9. The molecule has 1 amide bonds. The third-order valence-electron chi connectivity index (χ3n) is 12.4. The molecule has 4 aliphatic carbocycles. The molecule has 282 valence electrons. The summed E-state index contributed by atoms with van der Waals surface area (Å²) < 4.78 is 18.0. The molecule has 0 saturated heterocycles. The number of methoxy groups -OCH3 is 1. The van der Waals surface area contributed by atoms with E-state index in [1.54, 1.807) is 92.7 Å². The van der Waals surface area contributed by atoms with Crippen LogP contribution in [-0.2, 0) is 25.5 Å². The summed E-state index contributed by atoms with van der Waals surface area (Å²) in [6, 6.07) is 21.5. The Morgan fingerprint density at radius 1 is 0.907 bits per heavy atom. The van der Waals surface area contributed by atoms with Crippen LogP contribution < -0.4 is 10.1 Å². The first-order chi connectivity index (χ1) is 25.6. The van der Waals surface area contributed by atoms with E-state index in [-0.39, 0.29) is 47.9 Å². The lowest BCUT2D eigenvalue weighted by molar-refractivity contribution is -0.210. The van der Waals surface area contributed by atoms with E-state index >= 15 is 0 Å². The van der Waals surface area contributed by atoms with Crippen molar-refractivity contribution in [2.45, 2.75) is 63.4 Å². The monoisotopic (exact) mass is 735 g/mol. The molecule has 0 radical (unpaired) electrons. The number of carbonyl (C=O) groups is 4. The molecule has 0 aromatic heterocycles. The molecule has 0 heterocycles. The van der Waals surface area contributed by atoms with Crippen LogP contribution in [0.4, 0.5) is 0 Å². The Kier molecular flexibility index (Phi) is 9.09. The zero-order valence-corrected chi connectivity index (χ0v) is 30.9. The van der Waals surface area contributed by atoms with Crippen molar-refractivity contribution in [3.63, 3.8) is 0 Å². The second-order valence-corrected chi connectivity index (χ2v) is 15.7. The molecular formula is C43H45NO10. The number of fused-ring (bicyclic) bond motifs is 5. The summed E-state index contributed by atoms with van der Waals surface area (Å²) in [6.07, 6.45) is 2.01. The van der Waals surface area contributed by atoms with Crippen molar-refractivity contribution < 1.29 is 48.7 Å². The van der Waals surface area contributed by atoms with E-state index in [9.17, 15) is 34.5 Å². The Labute approximate surface area is 313 Å². The second-order valence-electron chi connectivity index (χ2n) is 15.7. The van der Waals surface area contributed by atoms with Crippen LogP contribution in [0.1, 0.15) is 60.4 Å². The van der Waals surface area contributed by atoms with Gasteiger partial charge in [0.2, 0.25) is 5.91 Å². The fourth-order valence-corrected chi connectivity index (χ4v) is 9.67. The van der Waals surface area contributed by atoms with Crippen molar-refractivity contribution in [1.82, 2.24) is 5.32 Å². The highest BCUT2D eigenvalue weighted by Crippen LogP contribution is 2.77. The van der Waals surface area contributed by atoms with Crippen LogP contribution in [0.25, 0.3) is 0 Å². The van der Waals surface area contributed by atoms with Crippen molar-refractivity contribution in [2.24, 2.45) is 29.1 Å². The van der Waals surface area contributed by atoms with Crippen LogP contribution in [0, 0.1) is 29.1 Å². The van der Waals surface area contributed by atoms with Crippen LogP contribution >= 0.6 is 0 Å². The lowest BCUT2D eigenvalue weighted by atomic mass is 9.59. The van der Waals surface area contributed by atoms with E-state index in [1.807, 2.05) is 19.9 Å². The minimum absolute atomic E-state index is 0.0382. The summed E-state index contributed by atoms with van der Waals surface area (Å²) in [6.45, 7) is 7.05. The number of aliphatic hydroxyl groups is 2. The van der Waals surface area contributed by atoms with Gasteiger partial charge in [0, 0.05) is 42.1 Å². The van der Waals surface area contributed by atoms with Gasteiger partial charge in [0.25, 0.3) is 0 Å². The summed E-state index contributed by atoms with van der Waals surface area (Å²) in [7, 11) is 1.41. The molecule has 7 rings (SSSR count). The van der Waals surface area contributed by atoms with Gasteiger partial charge in [0.15, 0.2) is 22.9 Å². The van der Waals surface area contributed by atoms with Crippen LogP contribution in [-0.4, -0.2) is 75.5 Å². The van der Waals surface area contributed by atoms with Gasteiger partial charge in [-0.3, -0.25) is 9.59 Å². The largest absolute Gasteiger partial charge is 0.504 e. The number of carbonyl (C=O) groups excluding carboxylic acids is 4. The first kappa shape index (κ1) is 37.1. The van der Waals surface area contributed by atoms with Crippen LogP contribution in [0.2, 0.25) is 0 Å². The SMILES string of the molecule is COc1cc(CC(=O)NCC2=C[C@H]3[C@@H]4C(C)(C)[C@]4(OC(=O)c4ccccc4)[C@H](OC(=O)c4ccccc4)[C@@H](C)[C@]3(O)[C@@H]3C=C(C)C(=O)[C@@]3(O)C2)ccc1O. The number of phenolic OH excluding ortho intramolecular Hbond substituents is 1. The molecule has 0 spiro atoms. The average molecular weight is 736 g/mol. The number of hydrogen-bond donors (Lipinski definition) is 4. The molecule has 8 atom stereocenters. The molecule has 0 unspecified atom stereocenters. The van der Waals surface area contributed by atoms with Gasteiger partial charge in [-0.25, -0.2) is 9.59 Å². The Hall–Kier alpha value is -5.26. The first-order valence-electron chi connectivity index (χ1n) is 18.1. The molecule has 2 fully saturated rings. The number of phenols is 1. The molecule has 0 aliphatic heterocycles. The summed E-state index contributed by atoms with van der Waals surface area (Å²) in [5.41, 5.74) is -4.29. The van der Waals surface area contributed by atoms with Crippen molar-refractivity contribution in [2.75, 3.05) is 13.7 Å². The fourth-order valence-electron chi connectivity index (χ4n) is 9.67. The summed E-state index contributed by atoms with van der Waals surface area (Å²) in [4.78, 5) is 54.8. The van der Waals surface area contributed by atoms with Gasteiger partial charge < -0.3 is 34.8 Å². The Balaban J connectivity index is 1.30. The molecule has 2 saturated carbocycles. The smallest absolute Gasteiger partial charge is 0.338 e. The molecule has 3 aromatic rings. The van der Waals surface area contributed by atoms with Crippen molar-refractivity contribution >= 4 is 23.6 Å². The van der Waals surface area contributed by atoms with Gasteiger partial charge in [-0.2, -0.15) is 0 Å². The maximum absolute atomic E-state index is 13.9. The Morgan fingerprint density at radius 3 is 2.17 bits per heavy atom. The lowest BCUT2D eigenvalue weighted by Gasteiger charge is -2.53. The van der Waals surface area contributed by atoms with Crippen LogP contribution in [0.3, 0.4) is 0 Å². The fraction of sp³-hybridized carbons (Fsp3) is 0.395. The number of Topliss-reactive ketones (excluding diaryl/α,β-unsaturated/α-hetero) is 1. The topological polar surface area (TPSA) is 169 Å². The third kappa shape index (κ3) is 5.63. The van der Waals surface area contributed by atoms with Gasteiger partial charge in [-0.05, 0) is 54.5 Å². The molecule has 4 N–H and O–H groups in total. The summed E-state index contributed by atoms with van der Waals surface area (Å²) in [5, 5.41) is 38.5. The van der Waals surface area contributed by atoms with Crippen molar-refractivity contribution in [1.29, 1.82) is 0 Å². The first-order valence-corrected chi connectivity index (χ1v) is 18.1. The minimum atomic E-state index is -2.07. The lowest BCUT2D eigenvalue weighted by Crippen LogP contribution is -2.66. The van der Waals surface area contributed by atoms with Crippen LogP contribution in [0.15, 0.2) is 102 Å². The molecule has 11 heteroatoms. The Morgan fingerprint density at radius 2 is 1.54 bits per heavy atom. The highest BCUT2D eigenvalue weighted by Gasteiger charge is 2.88. The molecule has 4 aliphatic rings.